The van der Waals surface area contributed by atoms with E-state index < -0.39 is 18.3 Å². The first-order valence-electron chi connectivity index (χ1n) is 11.4. The van der Waals surface area contributed by atoms with Gasteiger partial charge in [0.05, 0.1) is 17.5 Å². The summed E-state index contributed by atoms with van der Waals surface area (Å²) in [6, 6.07) is 0.538. The predicted molar refractivity (Wildman–Crippen MR) is 116 cm³/mol. The Morgan fingerprint density at radius 2 is 2.00 bits per heavy atom. The summed E-state index contributed by atoms with van der Waals surface area (Å²) < 4.78 is 49.1. The lowest BCUT2D eigenvalue weighted by atomic mass is 9.95. The molecule has 0 aromatic carbocycles. The number of aromatic nitrogens is 3. The first kappa shape index (κ1) is 21.9. The second-order valence-electron chi connectivity index (χ2n) is 9.25. The molecule has 2 aromatic heterocycles. The number of halogens is 4. The minimum absolute atomic E-state index is 0.0104. The molecule has 0 unspecified atom stereocenters. The van der Waals surface area contributed by atoms with E-state index in [-0.39, 0.29) is 39.8 Å². The van der Waals surface area contributed by atoms with E-state index in [4.69, 9.17) is 16.3 Å². The number of piperidine rings is 1. The van der Waals surface area contributed by atoms with E-state index in [0.29, 0.717) is 25.6 Å². The molecule has 6 nitrogen and oxygen atoms in total. The number of alkyl halides is 2. The Morgan fingerprint density at radius 1 is 1.19 bits per heavy atom. The Bertz CT molecular complexity index is 1020. The van der Waals surface area contributed by atoms with Gasteiger partial charge in [-0.2, -0.15) is 9.97 Å². The molecular formula is C22H27ClF3N5O. The van der Waals surface area contributed by atoms with Crippen molar-refractivity contribution >= 4 is 28.3 Å². The molecular weight excluding hydrogens is 443 g/mol. The molecule has 3 fully saturated rings. The quantitative estimate of drug-likeness (QED) is 0.584. The van der Waals surface area contributed by atoms with Crippen LogP contribution >= 0.6 is 11.6 Å². The maximum atomic E-state index is 14.8. The van der Waals surface area contributed by atoms with Gasteiger partial charge in [0.15, 0.2) is 11.0 Å². The third-order valence-electron chi connectivity index (χ3n) is 7.27. The zero-order valence-corrected chi connectivity index (χ0v) is 18.8. The smallest absolute Gasteiger partial charge is 0.319 e. The van der Waals surface area contributed by atoms with Crippen LogP contribution in [0.2, 0.25) is 5.15 Å². The summed E-state index contributed by atoms with van der Waals surface area (Å²) in [5, 5.41) is -0.0660. The van der Waals surface area contributed by atoms with Gasteiger partial charge in [0.1, 0.15) is 17.9 Å². The molecule has 2 aromatic rings. The molecule has 0 bridgehead atoms. The fraction of sp³-hybridized carbons (Fsp3) is 0.682. The van der Waals surface area contributed by atoms with Gasteiger partial charge in [-0.1, -0.05) is 18.5 Å². The maximum Gasteiger partial charge on any atom is 0.319 e. The van der Waals surface area contributed by atoms with E-state index in [0.717, 1.165) is 38.6 Å². The lowest BCUT2D eigenvalue weighted by Crippen LogP contribution is -2.46. The minimum atomic E-state index is -2.84. The highest BCUT2D eigenvalue weighted by molar-refractivity contribution is 6.30. The van der Waals surface area contributed by atoms with Gasteiger partial charge < -0.3 is 9.64 Å². The van der Waals surface area contributed by atoms with E-state index >= 15 is 0 Å². The molecule has 3 saturated heterocycles. The molecule has 0 N–H and O–H groups in total. The molecule has 174 valence electrons. The van der Waals surface area contributed by atoms with Gasteiger partial charge in [0, 0.05) is 25.2 Å². The summed E-state index contributed by atoms with van der Waals surface area (Å²) in [7, 11) is 0. The first-order valence-corrected chi connectivity index (χ1v) is 11.7. The highest BCUT2D eigenvalue weighted by Gasteiger charge is 2.49. The van der Waals surface area contributed by atoms with E-state index in [1.54, 1.807) is 0 Å². The Labute approximate surface area is 190 Å². The highest BCUT2D eigenvalue weighted by Crippen LogP contribution is 2.43. The van der Waals surface area contributed by atoms with Crippen molar-refractivity contribution in [3.8, 4) is 6.01 Å². The molecule has 5 heterocycles. The van der Waals surface area contributed by atoms with Crippen molar-refractivity contribution in [2.45, 2.75) is 69.4 Å². The normalized spacial score (nSPS) is 27.8. The molecule has 0 saturated carbocycles. The van der Waals surface area contributed by atoms with Crippen LogP contribution < -0.4 is 9.64 Å². The lowest BCUT2D eigenvalue weighted by Gasteiger charge is -2.35. The van der Waals surface area contributed by atoms with Crippen molar-refractivity contribution in [2.24, 2.45) is 0 Å². The number of anilines is 1. The van der Waals surface area contributed by atoms with Crippen LogP contribution in [0.1, 0.15) is 51.9 Å². The Kier molecular flexibility index (Phi) is 5.60. The van der Waals surface area contributed by atoms with Crippen LogP contribution in [0.4, 0.5) is 19.0 Å². The van der Waals surface area contributed by atoms with Crippen LogP contribution in [-0.4, -0.2) is 63.6 Å². The molecule has 32 heavy (non-hydrogen) atoms. The third-order valence-corrected chi connectivity index (χ3v) is 7.53. The number of rotatable bonds is 5. The second kappa shape index (κ2) is 8.17. The number of pyridine rings is 1. The van der Waals surface area contributed by atoms with Crippen LogP contribution in [0.25, 0.3) is 10.9 Å². The number of hydrogen-bond donors (Lipinski definition) is 0. The molecule has 0 aliphatic carbocycles. The molecule has 2 atom stereocenters. The Balaban J connectivity index is 1.49. The summed E-state index contributed by atoms with van der Waals surface area (Å²) in [4.78, 5) is 16.6. The standard InChI is InChI=1S/C22H27ClF3N5O/c1-2-14-5-8-21(6-3-10-31(14)21)13-32-20-28-17-15(11-27-18(23)16(17)24)19(29-20)30-9-4-7-22(25,26)12-30/h11,14H,2-10,12-13H2,1H3/t14-,21+/m1/s1. The number of nitrogens with zero attached hydrogens (tertiary/aromatic N) is 5. The Hall–Kier alpha value is -1.87. The molecule has 3 aliphatic rings. The lowest BCUT2D eigenvalue weighted by molar-refractivity contribution is -0.0118. The molecule has 0 amide bonds. The summed E-state index contributed by atoms with van der Waals surface area (Å²) >= 11 is 5.88. The van der Waals surface area contributed by atoms with Gasteiger partial charge >= 0.3 is 6.01 Å². The van der Waals surface area contributed by atoms with Crippen LogP contribution in [0.3, 0.4) is 0 Å². The van der Waals surface area contributed by atoms with E-state index in [9.17, 15) is 13.2 Å². The number of fused-ring (bicyclic) bond motifs is 2. The summed E-state index contributed by atoms with van der Waals surface area (Å²) in [6.07, 6.45) is 6.89. The van der Waals surface area contributed by atoms with Gasteiger partial charge in [-0.25, -0.2) is 18.2 Å². The largest absolute Gasteiger partial charge is 0.461 e. The zero-order valence-electron chi connectivity index (χ0n) is 18.1. The van der Waals surface area contributed by atoms with Crippen molar-refractivity contribution in [3.63, 3.8) is 0 Å². The predicted octanol–water partition coefficient (Wildman–Crippen LogP) is 4.84. The summed E-state index contributed by atoms with van der Waals surface area (Å²) in [5.41, 5.74) is -0.122. The summed E-state index contributed by atoms with van der Waals surface area (Å²) in [5.74, 6) is -3.42. The maximum absolute atomic E-state index is 14.8. The van der Waals surface area contributed by atoms with Crippen molar-refractivity contribution in [2.75, 3.05) is 31.1 Å². The van der Waals surface area contributed by atoms with Crippen molar-refractivity contribution in [3.05, 3.63) is 17.2 Å². The van der Waals surface area contributed by atoms with E-state index in [2.05, 4.69) is 26.8 Å². The average molecular weight is 470 g/mol. The van der Waals surface area contributed by atoms with Gasteiger partial charge in [-0.15, -0.1) is 0 Å². The molecule has 10 heteroatoms. The van der Waals surface area contributed by atoms with Crippen LogP contribution in [0.5, 0.6) is 6.01 Å². The molecule has 0 radical (unpaired) electrons. The van der Waals surface area contributed by atoms with Crippen LogP contribution in [0, 0.1) is 5.82 Å². The topological polar surface area (TPSA) is 54.4 Å². The Morgan fingerprint density at radius 3 is 2.78 bits per heavy atom. The van der Waals surface area contributed by atoms with Gasteiger partial charge in [0.2, 0.25) is 0 Å². The summed E-state index contributed by atoms with van der Waals surface area (Å²) in [6.45, 7) is 3.54. The average Bonchev–Trinajstić information content (AvgIpc) is 3.33. The van der Waals surface area contributed by atoms with Gasteiger partial charge in [-0.05, 0) is 45.1 Å². The monoisotopic (exact) mass is 469 g/mol. The van der Waals surface area contributed by atoms with Gasteiger partial charge in [-0.3, -0.25) is 4.90 Å². The molecule has 3 aliphatic heterocycles. The third kappa shape index (κ3) is 3.77. The highest BCUT2D eigenvalue weighted by atomic mass is 35.5. The van der Waals surface area contributed by atoms with Crippen molar-refractivity contribution in [1.82, 2.24) is 19.9 Å². The van der Waals surface area contributed by atoms with Crippen molar-refractivity contribution < 1.29 is 17.9 Å². The van der Waals surface area contributed by atoms with Crippen LogP contribution in [0.15, 0.2) is 6.20 Å². The number of hydrogen-bond acceptors (Lipinski definition) is 6. The zero-order chi connectivity index (χ0) is 22.5. The fourth-order valence-corrected chi connectivity index (χ4v) is 5.83. The van der Waals surface area contributed by atoms with Gasteiger partial charge in [0.25, 0.3) is 5.92 Å². The SMILES string of the molecule is CC[C@@H]1CC[C@]2(COc3nc(N4CCCC(F)(F)C4)c4cnc(Cl)c(F)c4n3)CCCN12. The second-order valence-corrected chi connectivity index (χ2v) is 9.60. The van der Waals surface area contributed by atoms with Crippen LogP contribution in [-0.2, 0) is 0 Å². The number of ether oxygens (including phenoxy) is 1. The first-order chi connectivity index (χ1) is 15.3. The van der Waals surface area contributed by atoms with Crippen molar-refractivity contribution in [1.29, 1.82) is 0 Å². The molecule has 0 spiro atoms. The fourth-order valence-electron chi connectivity index (χ4n) is 5.69. The van der Waals surface area contributed by atoms with E-state index in [1.165, 1.54) is 11.1 Å². The molecule has 5 rings (SSSR count). The van der Waals surface area contributed by atoms with E-state index in [1.807, 2.05) is 0 Å². The minimum Gasteiger partial charge on any atom is -0.461 e.